The number of amides is 3. The van der Waals surface area contributed by atoms with Gasteiger partial charge in [0.1, 0.15) is 17.3 Å². The molecule has 1 saturated heterocycles. The second-order valence-corrected chi connectivity index (χ2v) is 14.5. The Morgan fingerprint density at radius 1 is 0.944 bits per heavy atom. The van der Waals surface area contributed by atoms with Crippen molar-refractivity contribution >= 4 is 41.7 Å². The number of aromatic nitrogens is 1. The third kappa shape index (κ3) is 5.54. The lowest BCUT2D eigenvalue weighted by Gasteiger charge is -2.35. The van der Waals surface area contributed by atoms with Gasteiger partial charge in [0.05, 0.1) is 22.8 Å². The van der Waals surface area contributed by atoms with Gasteiger partial charge in [-0.05, 0) is 74.0 Å². The maximum atomic E-state index is 16.2. The molecule has 1 aliphatic carbocycles. The molecular weight excluding hydrogens is 696 g/mol. The van der Waals surface area contributed by atoms with Gasteiger partial charge >= 0.3 is 6.97 Å². The fourth-order valence-corrected chi connectivity index (χ4v) is 8.55. The fourth-order valence-electron chi connectivity index (χ4n) is 8.55. The lowest BCUT2D eigenvalue weighted by molar-refractivity contribution is -0.363. The van der Waals surface area contributed by atoms with Crippen LogP contribution in [0.4, 0.5) is 13.0 Å². The summed E-state index contributed by atoms with van der Waals surface area (Å²) in [5, 5.41) is 15.5. The Morgan fingerprint density at radius 2 is 1.63 bits per heavy atom. The van der Waals surface area contributed by atoms with E-state index in [1.165, 1.54) is 29.2 Å². The van der Waals surface area contributed by atoms with E-state index in [2.05, 4.69) is 10.5 Å². The summed E-state index contributed by atoms with van der Waals surface area (Å²) in [6, 6.07) is 10.5. The van der Waals surface area contributed by atoms with Crippen molar-refractivity contribution in [2.45, 2.75) is 34.1 Å². The van der Waals surface area contributed by atoms with Crippen molar-refractivity contribution in [1.29, 1.82) is 0 Å². The molecule has 0 spiro atoms. The summed E-state index contributed by atoms with van der Waals surface area (Å²) in [5.74, 6) is -2.46. The summed E-state index contributed by atoms with van der Waals surface area (Å²) >= 11 is 0. The first-order valence-electron chi connectivity index (χ1n) is 17.9. The first-order valence-corrected chi connectivity index (χ1v) is 17.9. The molecular formula is C40H38BF3N6O4. The van der Waals surface area contributed by atoms with Crippen molar-refractivity contribution in [2.75, 3.05) is 26.2 Å². The number of phenols is 1. The minimum Gasteiger partial charge on any atom is -0.507 e. The van der Waals surface area contributed by atoms with Crippen LogP contribution in [0, 0.1) is 31.5 Å². The van der Waals surface area contributed by atoms with E-state index in [-0.39, 0.29) is 72.3 Å². The van der Waals surface area contributed by atoms with Gasteiger partial charge in [-0.15, -0.1) is 0 Å². The lowest BCUT2D eigenvalue weighted by Crippen LogP contribution is -2.51. The van der Waals surface area contributed by atoms with E-state index in [4.69, 9.17) is 0 Å². The Bertz CT molecular complexity index is 2380. The van der Waals surface area contributed by atoms with Crippen molar-refractivity contribution in [3.8, 4) is 5.75 Å². The number of phenolic OH excluding ortho intramolecular Hbond substituents is 1. The molecule has 2 aromatic carbocycles. The highest BCUT2D eigenvalue weighted by Crippen LogP contribution is 2.46. The van der Waals surface area contributed by atoms with Gasteiger partial charge in [-0.3, -0.25) is 14.4 Å². The molecule has 276 valence electrons. The quantitative estimate of drug-likeness (QED) is 0.344. The number of hydrogen-bond acceptors (Lipinski definition) is 5. The molecule has 2 unspecified atom stereocenters. The highest BCUT2D eigenvalue weighted by atomic mass is 19.2. The zero-order valence-electron chi connectivity index (χ0n) is 30.2. The second-order valence-electron chi connectivity index (χ2n) is 14.5. The average Bonchev–Trinajstić information content (AvgIpc) is 3.64. The predicted molar refractivity (Wildman–Crippen MR) is 199 cm³/mol. The molecule has 2 atom stereocenters. The SMILES string of the molecule is CC1=CC(C)=[N+]2C1=C(c1cc(C(=O)N3CCN(C(=O)c4cc(CC5=NNC(=O)C6C=CC=CC56)ccc4F)CC3)ccc1O)c1c(C)cc(C)n1[B-]2(F)F. The van der Waals surface area contributed by atoms with Crippen molar-refractivity contribution in [3.05, 3.63) is 129 Å². The summed E-state index contributed by atoms with van der Waals surface area (Å²) in [5.41, 5.74) is 7.36. The highest BCUT2D eigenvalue weighted by molar-refractivity contribution is 6.58. The van der Waals surface area contributed by atoms with E-state index in [1.807, 2.05) is 24.3 Å². The smallest absolute Gasteiger partial charge is 0.507 e. The first-order chi connectivity index (χ1) is 25.8. The Hall–Kier alpha value is -5.92. The molecule has 4 aliphatic heterocycles. The Morgan fingerprint density at radius 3 is 2.35 bits per heavy atom. The topological polar surface area (TPSA) is 110 Å². The molecule has 14 heteroatoms. The number of rotatable bonds is 5. The highest BCUT2D eigenvalue weighted by Gasteiger charge is 2.55. The number of fused-ring (bicyclic) bond motifs is 3. The van der Waals surface area contributed by atoms with Gasteiger partial charge in [-0.25, -0.2) is 9.82 Å². The molecule has 5 heterocycles. The summed E-state index contributed by atoms with van der Waals surface area (Å²) in [4.78, 5) is 43.0. The maximum Gasteiger partial charge on any atom is 0.737 e. The summed E-state index contributed by atoms with van der Waals surface area (Å²) in [6.07, 6.45) is 9.42. The number of benzene rings is 2. The zero-order valence-corrected chi connectivity index (χ0v) is 30.2. The number of allylic oxidation sites excluding steroid dienone is 5. The van der Waals surface area contributed by atoms with Gasteiger partial charge in [-0.2, -0.15) is 5.10 Å². The predicted octanol–water partition coefficient (Wildman–Crippen LogP) is 5.36. The van der Waals surface area contributed by atoms with Crippen LogP contribution in [0.25, 0.3) is 5.57 Å². The van der Waals surface area contributed by atoms with E-state index >= 15 is 13.0 Å². The summed E-state index contributed by atoms with van der Waals surface area (Å²) in [7, 11) is 0. The second kappa shape index (κ2) is 12.9. The number of aromatic hydroxyl groups is 1. The van der Waals surface area contributed by atoms with Crippen molar-refractivity contribution in [3.63, 3.8) is 0 Å². The molecule has 3 aromatic rings. The van der Waals surface area contributed by atoms with E-state index in [0.717, 1.165) is 8.96 Å². The van der Waals surface area contributed by atoms with Crippen molar-refractivity contribution < 1.29 is 37.0 Å². The van der Waals surface area contributed by atoms with Crippen LogP contribution >= 0.6 is 0 Å². The van der Waals surface area contributed by atoms with E-state index in [9.17, 15) is 19.5 Å². The fraction of sp³-hybridized carbons (Fsp3) is 0.275. The van der Waals surface area contributed by atoms with Crippen LogP contribution in [0.2, 0.25) is 0 Å². The van der Waals surface area contributed by atoms with Gasteiger partial charge in [-0.1, -0.05) is 30.4 Å². The average molecular weight is 735 g/mol. The third-order valence-corrected chi connectivity index (χ3v) is 11.1. The van der Waals surface area contributed by atoms with Crippen LogP contribution in [0.3, 0.4) is 0 Å². The van der Waals surface area contributed by atoms with E-state index in [0.29, 0.717) is 57.2 Å². The minimum atomic E-state index is -4.22. The van der Waals surface area contributed by atoms with Gasteiger partial charge in [0.15, 0.2) is 5.70 Å². The summed E-state index contributed by atoms with van der Waals surface area (Å²) < 4.78 is 49.5. The number of nitrogens with zero attached hydrogens (tertiary/aromatic N) is 5. The van der Waals surface area contributed by atoms with Gasteiger partial charge < -0.3 is 32.5 Å². The number of carbonyl (C=O) groups excluding carboxylic acids is 3. The molecule has 54 heavy (non-hydrogen) atoms. The number of hydrogen-bond donors (Lipinski definition) is 2. The number of piperazine rings is 1. The Balaban J connectivity index is 1.02. The largest absolute Gasteiger partial charge is 0.737 e. The van der Waals surface area contributed by atoms with Gasteiger partial charge in [0.25, 0.3) is 11.8 Å². The molecule has 0 radical (unpaired) electrons. The molecule has 2 N–H and O–H groups in total. The first kappa shape index (κ1) is 35.1. The summed E-state index contributed by atoms with van der Waals surface area (Å²) in [6.45, 7) is 3.22. The lowest BCUT2D eigenvalue weighted by atomic mass is 9.81. The molecule has 10 nitrogen and oxygen atoms in total. The normalized spacial score (nSPS) is 21.4. The third-order valence-electron chi connectivity index (χ3n) is 11.1. The van der Waals surface area contributed by atoms with Crippen LogP contribution in [0.15, 0.2) is 89.2 Å². The van der Waals surface area contributed by atoms with E-state index < -0.39 is 18.7 Å². The monoisotopic (exact) mass is 734 g/mol. The van der Waals surface area contributed by atoms with Gasteiger partial charge in [0.2, 0.25) is 5.91 Å². The molecule has 1 fully saturated rings. The standard InChI is InChI=1S/C40H38BF3N6O4/c1-22-17-24(3)49-36(22)35(37-23(2)18-25(4)50(37)41(49,43)44)31-21-27(10-12-34(31)51)39(53)47-13-15-48(16-14-47)40(54)30-19-26(9-11-32(30)42)20-33-28-7-5-6-8-29(28)38(52)46-45-33/h5-12,17-19,21,28-29,51H,13-16,20H2,1-4H3,(H,46,52). The van der Waals surface area contributed by atoms with Crippen LogP contribution in [0.5, 0.6) is 5.75 Å². The molecule has 0 saturated carbocycles. The maximum absolute atomic E-state index is 16.2. The van der Waals surface area contributed by atoms with E-state index in [1.54, 1.807) is 56.9 Å². The Kier molecular flexibility index (Phi) is 8.39. The van der Waals surface area contributed by atoms with Gasteiger partial charge in [0, 0.05) is 73.9 Å². The minimum absolute atomic E-state index is 0.0893. The number of aryl methyl sites for hydroxylation is 2. The molecule has 3 amide bonds. The number of nitrogens with one attached hydrogen (secondary N) is 1. The van der Waals surface area contributed by atoms with Crippen LogP contribution in [0.1, 0.15) is 62.6 Å². The molecule has 1 aromatic heterocycles. The molecule has 5 aliphatic rings. The zero-order chi connectivity index (χ0) is 38.2. The molecule has 8 rings (SSSR count). The Labute approximate surface area is 310 Å². The number of halogens is 3. The van der Waals surface area contributed by atoms with Crippen LogP contribution in [-0.4, -0.2) is 86.2 Å². The van der Waals surface area contributed by atoms with Crippen LogP contribution in [-0.2, 0) is 11.2 Å². The van der Waals surface area contributed by atoms with Crippen molar-refractivity contribution in [1.82, 2.24) is 19.7 Å². The molecule has 0 bridgehead atoms. The number of hydrazone groups is 1. The number of carbonyl (C=O) groups is 3. The van der Waals surface area contributed by atoms with Crippen molar-refractivity contribution in [2.24, 2.45) is 16.9 Å². The van der Waals surface area contributed by atoms with Crippen LogP contribution < -0.4 is 5.43 Å².